The SMILES string of the molecule is C/C(=N\O)c1cccc(NC(=O)c2ccc(C)nc2)c1. The van der Waals surface area contributed by atoms with E-state index in [0.717, 1.165) is 11.3 Å². The van der Waals surface area contributed by atoms with Gasteiger partial charge in [-0.3, -0.25) is 9.78 Å². The van der Waals surface area contributed by atoms with Crippen molar-refractivity contribution in [1.82, 2.24) is 4.98 Å². The van der Waals surface area contributed by atoms with Crippen LogP contribution in [0.15, 0.2) is 47.8 Å². The van der Waals surface area contributed by atoms with Crippen molar-refractivity contribution in [3.8, 4) is 0 Å². The molecule has 5 nitrogen and oxygen atoms in total. The van der Waals surface area contributed by atoms with Crippen molar-refractivity contribution in [2.24, 2.45) is 5.16 Å². The Hall–Kier alpha value is -2.69. The van der Waals surface area contributed by atoms with E-state index in [4.69, 9.17) is 5.21 Å². The summed E-state index contributed by atoms with van der Waals surface area (Å²) in [7, 11) is 0. The first-order valence-corrected chi connectivity index (χ1v) is 6.13. The third-order valence-corrected chi connectivity index (χ3v) is 2.86. The summed E-state index contributed by atoms with van der Waals surface area (Å²) in [4.78, 5) is 16.1. The lowest BCUT2D eigenvalue weighted by Gasteiger charge is -2.07. The fourth-order valence-electron chi connectivity index (χ4n) is 1.69. The van der Waals surface area contributed by atoms with Gasteiger partial charge in [-0.25, -0.2) is 0 Å². The van der Waals surface area contributed by atoms with Crippen molar-refractivity contribution >= 4 is 17.3 Å². The summed E-state index contributed by atoms with van der Waals surface area (Å²) in [6.45, 7) is 3.55. The lowest BCUT2D eigenvalue weighted by Crippen LogP contribution is -2.12. The summed E-state index contributed by atoms with van der Waals surface area (Å²) in [5, 5.41) is 14.7. The normalized spacial score (nSPS) is 11.2. The summed E-state index contributed by atoms with van der Waals surface area (Å²) in [5.41, 5.74) is 3.22. The fraction of sp³-hybridized carbons (Fsp3) is 0.133. The van der Waals surface area contributed by atoms with Crippen molar-refractivity contribution in [2.75, 3.05) is 5.32 Å². The van der Waals surface area contributed by atoms with E-state index < -0.39 is 0 Å². The molecule has 1 amide bonds. The van der Waals surface area contributed by atoms with E-state index in [9.17, 15) is 4.79 Å². The van der Waals surface area contributed by atoms with Crippen LogP contribution in [-0.4, -0.2) is 21.8 Å². The minimum Gasteiger partial charge on any atom is -0.411 e. The zero-order valence-electron chi connectivity index (χ0n) is 11.3. The van der Waals surface area contributed by atoms with Crippen LogP contribution in [0.3, 0.4) is 0 Å². The highest BCUT2D eigenvalue weighted by Gasteiger charge is 2.07. The molecule has 0 unspecified atom stereocenters. The first-order chi connectivity index (χ1) is 9.60. The summed E-state index contributed by atoms with van der Waals surface area (Å²) in [6.07, 6.45) is 1.54. The number of carbonyl (C=O) groups excluding carboxylic acids is 1. The monoisotopic (exact) mass is 269 g/mol. The quantitative estimate of drug-likeness (QED) is 0.511. The second-order valence-electron chi connectivity index (χ2n) is 4.41. The van der Waals surface area contributed by atoms with Crippen LogP contribution >= 0.6 is 0 Å². The minimum absolute atomic E-state index is 0.228. The predicted octanol–water partition coefficient (Wildman–Crippen LogP) is 2.84. The van der Waals surface area contributed by atoms with Gasteiger partial charge in [0.05, 0.1) is 11.3 Å². The van der Waals surface area contributed by atoms with E-state index in [2.05, 4.69) is 15.5 Å². The number of rotatable bonds is 3. The van der Waals surface area contributed by atoms with Crippen LogP contribution in [0.2, 0.25) is 0 Å². The van der Waals surface area contributed by atoms with Gasteiger partial charge in [0, 0.05) is 23.1 Å². The number of pyridine rings is 1. The number of nitrogens with one attached hydrogen (secondary N) is 1. The van der Waals surface area contributed by atoms with Crippen LogP contribution in [0.5, 0.6) is 0 Å². The molecule has 2 aromatic rings. The number of aromatic nitrogens is 1. The van der Waals surface area contributed by atoms with Gasteiger partial charge in [-0.05, 0) is 38.1 Å². The lowest BCUT2D eigenvalue weighted by molar-refractivity contribution is 0.102. The molecule has 0 aliphatic heterocycles. The number of hydrogen-bond donors (Lipinski definition) is 2. The van der Waals surface area contributed by atoms with Crippen molar-refractivity contribution in [3.05, 3.63) is 59.4 Å². The molecule has 102 valence electrons. The molecule has 0 spiro atoms. The molecule has 0 bridgehead atoms. The summed E-state index contributed by atoms with van der Waals surface area (Å²) < 4.78 is 0. The maximum Gasteiger partial charge on any atom is 0.257 e. The number of anilines is 1. The van der Waals surface area contributed by atoms with Crippen LogP contribution in [0.1, 0.15) is 28.5 Å². The molecule has 2 N–H and O–H groups in total. The second kappa shape index (κ2) is 5.97. The number of benzene rings is 1. The van der Waals surface area contributed by atoms with Gasteiger partial charge >= 0.3 is 0 Å². The molecular weight excluding hydrogens is 254 g/mol. The van der Waals surface area contributed by atoms with Crippen LogP contribution in [0, 0.1) is 6.92 Å². The molecule has 2 rings (SSSR count). The molecule has 0 saturated carbocycles. The number of nitrogens with zero attached hydrogens (tertiary/aromatic N) is 2. The molecular formula is C15H15N3O2. The number of amides is 1. The van der Waals surface area contributed by atoms with E-state index >= 15 is 0 Å². The van der Waals surface area contributed by atoms with Crippen molar-refractivity contribution in [2.45, 2.75) is 13.8 Å². The number of hydrogen-bond acceptors (Lipinski definition) is 4. The number of carbonyl (C=O) groups is 1. The predicted molar refractivity (Wildman–Crippen MR) is 77.4 cm³/mol. The Balaban J connectivity index is 2.17. The Kier molecular flexibility index (Phi) is 4.10. The minimum atomic E-state index is -0.228. The Morgan fingerprint density at radius 2 is 2.05 bits per heavy atom. The van der Waals surface area contributed by atoms with E-state index in [1.54, 1.807) is 43.3 Å². The van der Waals surface area contributed by atoms with Crippen LogP contribution < -0.4 is 5.32 Å². The van der Waals surface area contributed by atoms with Gasteiger partial charge in [-0.2, -0.15) is 0 Å². The van der Waals surface area contributed by atoms with Gasteiger partial charge in [0.15, 0.2) is 0 Å². The molecule has 0 aliphatic rings. The Labute approximate surface area is 117 Å². The standard InChI is InChI=1S/C15H15N3O2/c1-10-6-7-13(9-16-10)15(19)17-14-5-3-4-12(8-14)11(2)18-20/h3-9,20H,1-2H3,(H,17,19)/b18-11+. The first kappa shape index (κ1) is 13.7. The Morgan fingerprint density at radius 3 is 2.70 bits per heavy atom. The van der Waals surface area contributed by atoms with Crippen molar-refractivity contribution < 1.29 is 10.0 Å². The zero-order valence-corrected chi connectivity index (χ0v) is 11.3. The highest BCUT2D eigenvalue weighted by molar-refractivity contribution is 6.05. The highest BCUT2D eigenvalue weighted by Crippen LogP contribution is 2.13. The fourth-order valence-corrected chi connectivity index (χ4v) is 1.69. The summed E-state index contributed by atoms with van der Waals surface area (Å²) >= 11 is 0. The second-order valence-corrected chi connectivity index (χ2v) is 4.41. The van der Waals surface area contributed by atoms with Gasteiger partial charge in [0.1, 0.15) is 0 Å². The lowest BCUT2D eigenvalue weighted by atomic mass is 10.1. The average Bonchev–Trinajstić information content (AvgIpc) is 2.47. The molecule has 0 aliphatic carbocycles. The molecule has 1 aromatic heterocycles. The first-order valence-electron chi connectivity index (χ1n) is 6.13. The topological polar surface area (TPSA) is 74.6 Å². The average molecular weight is 269 g/mol. The van der Waals surface area contributed by atoms with E-state index in [0.29, 0.717) is 17.0 Å². The van der Waals surface area contributed by atoms with E-state index in [1.807, 2.05) is 6.92 Å². The third-order valence-electron chi connectivity index (χ3n) is 2.86. The van der Waals surface area contributed by atoms with Crippen LogP contribution in [0.25, 0.3) is 0 Å². The number of aryl methyl sites for hydroxylation is 1. The van der Waals surface area contributed by atoms with Gasteiger partial charge in [-0.15, -0.1) is 0 Å². The van der Waals surface area contributed by atoms with Gasteiger partial charge in [-0.1, -0.05) is 17.3 Å². The molecule has 20 heavy (non-hydrogen) atoms. The summed E-state index contributed by atoms with van der Waals surface area (Å²) in [5.74, 6) is -0.228. The van der Waals surface area contributed by atoms with Gasteiger partial charge < -0.3 is 10.5 Å². The Morgan fingerprint density at radius 1 is 1.25 bits per heavy atom. The third kappa shape index (κ3) is 3.20. The number of oxime groups is 1. The molecule has 1 heterocycles. The van der Waals surface area contributed by atoms with Crippen LogP contribution in [-0.2, 0) is 0 Å². The van der Waals surface area contributed by atoms with E-state index in [1.165, 1.54) is 6.20 Å². The van der Waals surface area contributed by atoms with Gasteiger partial charge in [0.25, 0.3) is 5.91 Å². The van der Waals surface area contributed by atoms with Crippen LogP contribution in [0.4, 0.5) is 5.69 Å². The maximum atomic E-state index is 12.0. The molecule has 1 aromatic carbocycles. The largest absolute Gasteiger partial charge is 0.411 e. The maximum absolute atomic E-state index is 12.0. The molecule has 0 fully saturated rings. The molecule has 0 radical (unpaired) electrons. The smallest absolute Gasteiger partial charge is 0.257 e. The highest BCUT2D eigenvalue weighted by atomic mass is 16.4. The Bertz CT molecular complexity index is 648. The van der Waals surface area contributed by atoms with Crippen molar-refractivity contribution in [1.29, 1.82) is 0 Å². The molecule has 0 atom stereocenters. The van der Waals surface area contributed by atoms with Crippen molar-refractivity contribution in [3.63, 3.8) is 0 Å². The van der Waals surface area contributed by atoms with Gasteiger partial charge in [0.2, 0.25) is 0 Å². The van der Waals surface area contributed by atoms with E-state index in [-0.39, 0.29) is 5.91 Å². The zero-order chi connectivity index (χ0) is 14.5. The molecule has 0 saturated heterocycles. The molecule has 5 heteroatoms. The summed E-state index contributed by atoms with van der Waals surface area (Å²) in [6, 6.07) is 10.6.